The summed E-state index contributed by atoms with van der Waals surface area (Å²) in [5.74, 6) is 0.269. The van der Waals surface area contributed by atoms with Crippen LogP contribution in [0.4, 0.5) is 0 Å². The Morgan fingerprint density at radius 2 is 1.81 bits per heavy atom. The van der Waals surface area contributed by atoms with Gasteiger partial charge < -0.3 is 9.64 Å². The predicted octanol–water partition coefficient (Wildman–Crippen LogP) is 2.10. The highest BCUT2D eigenvalue weighted by Gasteiger charge is 2.55. The summed E-state index contributed by atoms with van der Waals surface area (Å²) in [5, 5.41) is 0. The molecule has 3 heteroatoms. The lowest BCUT2D eigenvalue weighted by molar-refractivity contribution is -0.136. The monoisotopic (exact) mass is 227 g/mol. The SMILES string of the molecule is CCC1(C)OC(C)(CC)C(CN(C)C)C1=O. The minimum atomic E-state index is -0.578. The molecule has 3 unspecified atom stereocenters. The van der Waals surface area contributed by atoms with Gasteiger partial charge in [-0.3, -0.25) is 4.79 Å². The van der Waals surface area contributed by atoms with E-state index in [2.05, 4.69) is 18.7 Å². The molecule has 3 atom stereocenters. The third-order valence-electron chi connectivity index (χ3n) is 3.96. The zero-order valence-electron chi connectivity index (χ0n) is 11.5. The van der Waals surface area contributed by atoms with Crippen molar-refractivity contribution in [3.63, 3.8) is 0 Å². The van der Waals surface area contributed by atoms with E-state index in [0.29, 0.717) is 0 Å². The molecule has 3 nitrogen and oxygen atoms in total. The van der Waals surface area contributed by atoms with Crippen molar-refractivity contribution in [2.24, 2.45) is 5.92 Å². The molecule has 1 saturated heterocycles. The molecule has 0 aromatic rings. The van der Waals surface area contributed by atoms with Crippen molar-refractivity contribution < 1.29 is 9.53 Å². The van der Waals surface area contributed by atoms with Crippen LogP contribution in [0.5, 0.6) is 0 Å². The zero-order valence-corrected chi connectivity index (χ0v) is 11.5. The fourth-order valence-electron chi connectivity index (χ4n) is 2.49. The van der Waals surface area contributed by atoms with Gasteiger partial charge in [0, 0.05) is 6.54 Å². The average molecular weight is 227 g/mol. The van der Waals surface area contributed by atoms with Gasteiger partial charge >= 0.3 is 0 Å². The van der Waals surface area contributed by atoms with Crippen LogP contribution < -0.4 is 0 Å². The van der Waals surface area contributed by atoms with E-state index in [1.54, 1.807) is 0 Å². The molecule has 0 radical (unpaired) electrons. The van der Waals surface area contributed by atoms with Crippen molar-refractivity contribution in [2.75, 3.05) is 20.6 Å². The van der Waals surface area contributed by atoms with Crippen molar-refractivity contribution in [3.05, 3.63) is 0 Å². The predicted molar refractivity (Wildman–Crippen MR) is 65.5 cm³/mol. The maximum atomic E-state index is 12.4. The number of carbonyl (C=O) groups is 1. The molecule has 1 aliphatic rings. The van der Waals surface area contributed by atoms with Crippen LogP contribution in [0.3, 0.4) is 0 Å². The van der Waals surface area contributed by atoms with E-state index in [-0.39, 0.29) is 17.3 Å². The third-order valence-corrected chi connectivity index (χ3v) is 3.96. The maximum Gasteiger partial charge on any atom is 0.171 e. The van der Waals surface area contributed by atoms with Gasteiger partial charge in [-0.05, 0) is 40.8 Å². The summed E-state index contributed by atoms with van der Waals surface area (Å²) in [7, 11) is 4.01. The molecule has 0 aromatic carbocycles. The van der Waals surface area contributed by atoms with Crippen LogP contribution in [0.2, 0.25) is 0 Å². The number of ketones is 1. The van der Waals surface area contributed by atoms with Crippen LogP contribution in [0, 0.1) is 5.92 Å². The summed E-state index contributed by atoms with van der Waals surface area (Å²) < 4.78 is 6.08. The normalized spacial score (nSPS) is 39.7. The number of carbonyl (C=O) groups excluding carboxylic acids is 1. The first-order valence-corrected chi connectivity index (χ1v) is 6.18. The Labute approximate surface area is 99.1 Å². The molecule has 16 heavy (non-hydrogen) atoms. The first-order valence-electron chi connectivity index (χ1n) is 6.18. The van der Waals surface area contributed by atoms with Gasteiger partial charge in [-0.25, -0.2) is 0 Å². The molecule has 0 saturated carbocycles. The maximum absolute atomic E-state index is 12.4. The smallest absolute Gasteiger partial charge is 0.171 e. The van der Waals surface area contributed by atoms with E-state index in [1.807, 2.05) is 27.9 Å². The summed E-state index contributed by atoms with van der Waals surface area (Å²) in [5.41, 5.74) is -0.877. The van der Waals surface area contributed by atoms with Gasteiger partial charge in [0.25, 0.3) is 0 Å². The van der Waals surface area contributed by atoms with E-state index in [9.17, 15) is 4.79 Å². The fourth-order valence-corrected chi connectivity index (χ4v) is 2.49. The lowest BCUT2D eigenvalue weighted by atomic mass is 9.82. The van der Waals surface area contributed by atoms with Crippen LogP contribution in [0.25, 0.3) is 0 Å². The molecule has 94 valence electrons. The molecule has 0 amide bonds. The van der Waals surface area contributed by atoms with E-state index < -0.39 is 5.60 Å². The molecule has 1 heterocycles. The molecule has 0 spiro atoms. The van der Waals surface area contributed by atoms with Gasteiger partial charge in [0.15, 0.2) is 5.78 Å². The molecule has 1 aliphatic heterocycles. The van der Waals surface area contributed by atoms with Crippen LogP contribution in [0.15, 0.2) is 0 Å². The number of ether oxygens (including phenoxy) is 1. The molecular weight excluding hydrogens is 202 g/mol. The van der Waals surface area contributed by atoms with Crippen LogP contribution in [-0.2, 0) is 9.53 Å². The second-order valence-corrected chi connectivity index (χ2v) is 5.53. The summed E-state index contributed by atoms with van der Waals surface area (Å²) in [6, 6.07) is 0. The van der Waals surface area contributed by atoms with Crippen molar-refractivity contribution in [3.8, 4) is 0 Å². The first-order chi connectivity index (χ1) is 7.29. The second kappa shape index (κ2) is 4.46. The zero-order chi connectivity index (χ0) is 12.6. The Morgan fingerprint density at radius 3 is 2.19 bits per heavy atom. The first kappa shape index (κ1) is 13.7. The summed E-state index contributed by atoms with van der Waals surface area (Å²) in [6.07, 6.45) is 1.64. The number of hydrogen-bond donors (Lipinski definition) is 0. The molecule has 0 N–H and O–H groups in total. The Bertz CT molecular complexity index is 277. The van der Waals surface area contributed by atoms with E-state index in [4.69, 9.17) is 4.74 Å². The summed E-state index contributed by atoms with van der Waals surface area (Å²) >= 11 is 0. The lowest BCUT2D eigenvalue weighted by Gasteiger charge is -2.31. The standard InChI is InChI=1S/C13H25NO2/c1-7-12(3)10(9-14(5)6)11(15)13(4,8-2)16-12/h10H,7-9H2,1-6H3. The van der Waals surface area contributed by atoms with Crippen molar-refractivity contribution >= 4 is 5.78 Å². The van der Waals surface area contributed by atoms with E-state index >= 15 is 0 Å². The topological polar surface area (TPSA) is 29.5 Å². The van der Waals surface area contributed by atoms with E-state index in [0.717, 1.165) is 19.4 Å². The van der Waals surface area contributed by atoms with Crippen molar-refractivity contribution in [2.45, 2.75) is 51.7 Å². The van der Waals surface area contributed by atoms with E-state index in [1.165, 1.54) is 0 Å². The molecule has 0 aromatic heterocycles. The number of Topliss-reactive ketones (excluding diaryl/α,β-unsaturated/α-hetero) is 1. The largest absolute Gasteiger partial charge is 0.361 e. The minimum Gasteiger partial charge on any atom is -0.361 e. The molecule has 0 aliphatic carbocycles. The lowest BCUT2D eigenvalue weighted by Crippen LogP contribution is -2.40. The van der Waals surface area contributed by atoms with Crippen molar-refractivity contribution in [1.29, 1.82) is 0 Å². The van der Waals surface area contributed by atoms with Gasteiger partial charge in [0.1, 0.15) is 5.60 Å². The number of rotatable bonds is 4. The molecular formula is C13H25NO2. The minimum absolute atomic E-state index is 0.00236. The molecule has 1 rings (SSSR count). The quantitative estimate of drug-likeness (QED) is 0.736. The van der Waals surface area contributed by atoms with Gasteiger partial charge in [-0.2, -0.15) is 0 Å². The second-order valence-electron chi connectivity index (χ2n) is 5.53. The highest BCUT2D eigenvalue weighted by molar-refractivity contribution is 5.92. The Balaban J connectivity index is 2.99. The summed E-state index contributed by atoms with van der Waals surface area (Å²) in [6.45, 7) is 8.89. The number of nitrogens with zero attached hydrogens (tertiary/aromatic N) is 1. The Kier molecular flexibility index (Phi) is 3.80. The Morgan fingerprint density at radius 1 is 1.25 bits per heavy atom. The third kappa shape index (κ3) is 2.16. The molecule has 1 fully saturated rings. The van der Waals surface area contributed by atoms with Gasteiger partial charge in [0.2, 0.25) is 0 Å². The van der Waals surface area contributed by atoms with Gasteiger partial charge in [0.05, 0.1) is 11.5 Å². The average Bonchev–Trinajstić information content (AvgIpc) is 2.41. The fraction of sp³-hybridized carbons (Fsp3) is 0.923. The Hall–Kier alpha value is -0.410. The van der Waals surface area contributed by atoms with Crippen LogP contribution in [0.1, 0.15) is 40.5 Å². The highest BCUT2D eigenvalue weighted by Crippen LogP contribution is 2.43. The van der Waals surface area contributed by atoms with Crippen LogP contribution in [-0.4, -0.2) is 42.5 Å². The van der Waals surface area contributed by atoms with Crippen LogP contribution >= 0.6 is 0 Å². The van der Waals surface area contributed by atoms with Gasteiger partial charge in [-0.1, -0.05) is 13.8 Å². The van der Waals surface area contributed by atoms with Crippen molar-refractivity contribution in [1.82, 2.24) is 4.90 Å². The molecule has 0 bridgehead atoms. The van der Waals surface area contributed by atoms with Gasteiger partial charge in [-0.15, -0.1) is 0 Å². The summed E-state index contributed by atoms with van der Waals surface area (Å²) in [4.78, 5) is 14.5. The number of hydrogen-bond acceptors (Lipinski definition) is 3. The highest BCUT2D eigenvalue weighted by atomic mass is 16.5.